The van der Waals surface area contributed by atoms with Crippen molar-refractivity contribution in [1.82, 2.24) is 0 Å². The molecular formula is C25H40F2NO4P. The van der Waals surface area contributed by atoms with Gasteiger partial charge in [0.25, 0.3) is 7.82 Å². The molecule has 2 aliphatic rings. The molecule has 33 heavy (non-hydrogen) atoms. The number of phosphoric ester groups is 1. The zero-order chi connectivity index (χ0) is 24.1. The second-order valence-electron chi connectivity index (χ2n) is 11.0. The molecule has 2 saturated carbocycles. The zero-order valence-electron chi connectivity index (χ0n) is 20.3. The van der Waals surface area contributed by atoms with Gasteiger partial charge in [0.15, 0.2) is 11.6 Å². The molecule has 1 aromatic rings. The number of halogens is 2. The number of hydrogen-bond acceptors (Lipinski definition) is 4. The van der Waals surface area contributed by atoms with Crippen molar-refractivity contribution in [3.8, 4) is 0 Å². The fourth-order valence-electron chi connectivity index (χ4n) is 5.43. The van der Waals surface area contributed by atoms with Crippen molar-refractivity contribution in [3.63, 3.8) is 0 Å². The molecule has 2 fully saturated rings. The Balaban J connectivity index is 1.32. The van der Waals surface area contributed by atoms with Crippen molar-refractivity contribution >= 4 is 7.82 Å². The van der Waals surface area contributed by atoms with Gasteiger partial charge in [-0.2, -0.15) is 0 Å². The molecule has 0 saturated heterocycles. The van der Waals surface area contributed by atoms with E-state index in [9.17, 15) is 18.2 Å². The molecule has 2 aliphatic carbocycles. The van der Waals surface area contributed by atoms with E-state index in [0.717, 1.165) is 56.4 Å². The molecule has 0 radical (unpaired) electrons. The lowest BCUT2D eigenvalue weighted by molar-refractivity contribution is -0.870. The fourth-order valence-corrected chi connectivity index (χ4v) is 6.14. The largest absolute Gasteiger partial charge is 0.756 e. The van der Waals surface area contributed by atoms with Crippen LogP contribution in [0.2, 0.25) is 0 Å². The van der Waals surface area contributed by atoms with Crippen molar-refractivity contribution in [3.05, 3.63) is 35.4 Å². The monoisotopic (exact) mass is 487 g/mol. The van der Waals surface area contributed by atoms with Crippen LogP contribution in [0.5, 0.6) is 0 Å². The number of quaternary nitrogens is 1. The second-order valence-corrected chi connectivity index (χ2v) is 12.4. The Hall–Kier alpha value is -0.850. The summed E-state index contributed by atoms with van der Waals surface area (Å²) >= 11 is 0. The number of nitrogens with zero attached hydrogens (tertiary/aromatic N) is 1. The highest BCUT2D eigenvalue weighted by molar-refractivity contribution is 7.45. The van der Waals surface area contributed by atoms with Crippen LogP contribution < -0.4 is 4.89 Å². The third kappa shape index (κ3) is 8.70. The van der Waals surface area contributed by atoms with Gasteiger partial charge in [0.2, 0.25) is 0 Å². The normalized spacial score (nSPS) is 28.4. The number of likely N-dealkylation sites (N-methyl/N-ethyl adjacent to an activating group) is 1. The minimum absolute atomic E-state index is 0.133. The van der Waals surface area contributed by atoms with Gasteiger partial charge in [-0.25, -0.2) is 8.78 Å². The van der Waals surface area contributed by atoms with Crippen LogP contribution in [0, 0.1) is 29.4 Å². The third-order valence-electron chi connectivity index (χ3n) is 7.53. The average Bonchev–Trinajstić information content (AvgIpc) is 2.75. The lowest BCUT2D eigenvalue weighted by Crippen LogP contribution is -2.37. The molecule has 5 nitrogen and oxygen atoms in total. The summed E-state index contributed by atoms with van der Waals surface area (Å²) in [6.07, 6.45) is 9.71. The average molecular weight is 488 g/mol. The Morgan fingerprint density at radius 3 is 2.06 bits per heavy atom. The van der Waals surface area contributed by atoms with E-state index in [1.54, 1.807) is 6.07 Å². The van der Waals surface area contributed by atoms with Crippen LogP contribution in [0.25, 0.3) is 0 Å². The van der Waals surface area contributed by atoms with E-state index >= 15 is 0 Å². The summed E-state index contributed by atoms with van der Waals surface area (Å²) in [5.74, 6) is 0.738. The molecule has 0 amide bonds. The van der Waals surface area contributed by atoms with Crippen molar-refractivity contribution in [2.24, 2.45) is 17.8 Å². The molecule has 188 valence electrons. The molecule has 0 N–H and O–H groups in total. The van der Waals surface area contributed by atoms with Crippen LogP contribution in [0.15, 0.2) is 18.2 Å². The first-order valence-corrected chi connectivity index (χ1v) is 13.8. The van der Waals surface area contributed by atoms with Crippen molar-refractivity contribution in [1.29, 1.82) is 0 Å². The van der Waals surface area contributed by atoms with E-state index in [2.05, 4.69) is 0 Å². The highest BCUT2D eigenvalue weighted by Crippen LogP contribution is 2.45. The first kappa shape index (κ1) is 26.7. The molecule has 0 spiro atoms. The Labute approximate surface area is 197 Å². The Morgan fingerprint density at radius 2 is 1.48 bits per heavy atom. The predicted octanol–water partition coefficient (Wildman–Crippen LogP) is 5.64. The first-order chi connectivity index (χ1) is 15.5. The lowest BCUT2D eigenvalue weighted by atomic mass is 9.68. The number of hydrogen-bond donors (Lipinski definition) is 0. The maximum absolute atomic E-state index is 13.6. The van der Waals surface area contributed by atoms with Gasteiger partial charge >= 0.3 is 0 Å². The van der Waals surface area contributed by atoms with E-state index in [1.165, 1.54) is 25.0 Å². The quantitative estimate of drug-likeness (QED) is 0.316. The molecule has 1 atom stereocenters. The summed E-state index contributed by atoms with van der Waals surface area (Å²) in [6.45, 7) is 0.926. The molecule has 0 bridgehead atoms. The topological polar surface area (TPSA) is 58.6 Å². The van der Waals surface area contributed by atoms with E-state index in [4.69, 9.17) is 9.05 Å². The maximum Gasteiger partial charge on any atom is 0.268 e. The standard InChI is InChI=1S/C25H40F2NO4P/c1-28(2,3)15-17-32-33(29,30)31-16-14-19-4-6-20(7-5-19)21-8-10-22(11-9-21)23-12-13-24(26)25(27)18-23/h12-13,18-22H,4-11,14-17H2,1-3H3. The maximum atomic E-state index is 13.6. The smallest absolute Gasteiger partial charge is 0.268 e. The van der Waals surface area contributed by atoms with Gasteiger partial charge in [0, 0.05) is 0 Å². The van der Waals surface area contributed by atoms with Crippen molar-refractivity contribution < 1.29 is 31.8 Å². The molecule has 3 rings (SSSR count). The molecule has 1 aromatic carbocycles. The minimum Gasteiger partial charge on any atom is -0.756 e. The first-order valence-electron chi connectivity index (χ1n) is 12.4. The van der Waals surface area contributed by atoms with E-state index in [-0.39, 0.29) is 13.2 Å². The second kappa shape index (κ2) is 11.7. The molecule has 1 unspecified atom stereocenters. The SMILES string of the molecule is C[N+](C)(C)CCOP(=O)([O-])OCCC1CCC(C2CCC(c3ccc(F)c(F)c3)CC2)CC1. The van der Waals surface area contributed by atoms with Crippen LogP contribution in [-0.2, 0) is 13.6 Å². The molecule has 0 aliphatic heterocycles. The van der Waals surface area contributed by atoms with Crippen molar-refractivity contribution in [2.75, 3.05) is 40.9 Å². The molecule has 8 heteroatoms. The zero-order valence-corrected chi connectivity index (χ0v) is 21.2. The van der Waals surface area contributed by atoms with Gasteiger partial charge in [-0.05, 0) is 86.3 Å². The number of rotatable bonds is 10. The van der Waals surface area contributed by atoms with Crippen LogP contribution in [0.3, 0.4) is 0 Å². The van der Waals surface area contributed by atoms with E-state index in [1.807, 2.05) is 21.1 Å². The number of phosphoric acid groups is 1. The Bertz CT molecular complexity index is 800. The number of benzene rings is 1. The molecule has 0 heterocycles. The minimum atomic E-state index is -4.22. The van der Waals surface area contributed by atoms with Gasteiger partial charge in [0.1, 0.15) is 13.2 Å². The highest BCUT2D eigenvalue weighted by Gasteiger charge is 2.31. The summed E-state index contributed by atoms with van der Waals surface area (Å²) in [7, 11) is 1.72. The lowest BCUT2D eigenvalue weighted by Gasteiger charge is -2.38. The fraction of sp³-hybridized carbons (Fsp3) is 0.760. The summed E-state index contributed by atoms with van der Waals surface area (Å²) in [5, 5.41) is 0. The Kier molecular flexibility index (Phi) is 9.50. The van der Waals surface area contributed by atoms with Crippen molar-refractivity contribution in [2.45, 2.75) is 63.7 Å². The van der Waals surface area contributed by atoms with Gasteiger partial charge in [0.05, 0.1) is 27.7 Å². The van der Waals surface area contributed by atoms with Crippen LogP contribution >= 0.6 is 7.82 Å². The highest BCUT2D eigenvalue weighted by atomic mass is 31.2. The molecule has 0 aromatic heterocycles. The van der Waals surface area contributed by atoms with Gasteiger partial charge in [-0.1, -0.05) is 18.9 Å². The van der Waals surface area contributed by atoms with Crippen LogP contribution in [0.1, 0.15) is 69.3 Å². The Morgan fingerprint density at radius 1 is 0.909 bits per heavy atom. The summed E-state index contributed by atoms with van der Waals surface area (Å²) in [5.41, 5.74) is 0.924. The summed E-state index contributed by atoms with van der Waals surface area (Å²) in [6, 6.07) is 4.33. The van der Waals surface area contributed by atoms with Crippen LogP contribution in [0.4, 0.5) is 8.78 Å². The van der Waals surface area contributed by atoms with E-state index in [0.29, 0.717) is 28.8 Å². The molecular weight excluding hydrogens is 447 g/mol. The summed E-state index contributed by atoms with van der Waals surface area (Å²) < 4.78 is 49.4. The van der Waals surface area contributed by atoms with Gasteiger partial charge < -0.3 is 18.4 Å². The third-order valence-corrected chi connectivity index (χ3v) is 8.53. The van der Waals surface area contributed by atoms with Gasteiger partial charge in [-0.15, -0.1) is 0 Å². The summed E-state index contributed by atoms with van der Waals surface area (Å²) in [4.78, 5) is 11.9. The van der Waals surface area contributed by atoms with E-state index < -0.39 is 19.5 Å². The van der Waals surface area contributed by atoms with Gasteiger partial charge in [-0.3, -0.25) is 4.57 Å². The van der Waals surface area contributed by atoms with Crippen LogP contribution in [-0.4, -0.2) is 45.4 Å². The predicted molar refractivity (Wildman–Crippen MR) is 124 cm³/mol.